The third-order valence-corrected chi connectivity index (χ3v) is 3.72. The van der Waals surface area contributed by atoms with Gasteiger partial charge in [0.15, 0.2) is 0 Å². The number of aliphatic hydroxyl groups is 1. The molecule has 0 spiro atoms. The summed E-state index contributed by atoms with van der Waals surface area (Å²) in [4.78, 5) is 11.7. The van der Waals surface area contributed by atoms with Gasteiger partial charge < -0.3 is 15.2 Å². The Balaban J connectivity index is 1.68. The molecule has 0 fully saturated rings. The molecule has 24 heavy (non-hydrogen) atoms. The van der Waals surface area contributed by atoms with Crippen molar-refractivity contribution >= 4 is 5.91 Å². The maximum Gasteiger partial charge on any atom is 0.416 e. The number of allylic oxidation sites excluding steroid dienone is 2. The zero-order chi connectivity index (χ0) is 17.6. The van der Waals surface area contributed by atoms with Crippen molar-refractivity contribution in [3.63, 3.8) is 0 Å². The van der Waals surface area contributed by atoms with Crippen LogP contribution in [-0.2, 0) is 11.0 Å². The largest absolute Gasteiger partial charge is 0.491 e. The van der Waals surface area contributed by atoms with Gasteiger partial charge in [0.25, 0.3) is 0 Å². The van der Waals surface area contributed by atoms with Crippen LogP contribution in [0.1, 0.15) is 24.8 Å². The minimum absolute atomic E-state index is 0.0376. The van der Waals surface area contributed by atoms with Gasteiger partial charge in [-0.15, -0.1) is 0 Å². The van der Waals surface area contributed by atoms with E-state index >= 15 is 0 Å². The van der Waals surface area contributed by atoms with Gasteiger partial charge in [-0.2, -0.15) is 13.2 Å². The van der Waals surface area contributed by atoms with E-state index in [0.717, 1.165) is 25.0 Å². The topological polar surface area (TPSA) is 58.6 Å². The molecule has 132 valence electrons. The second-order valence-corrected chi connectivity index (χ2v) is 5.76. The van der Waals surface area contributed by atoms with Crippen molar-refractivity contribution in [1.82, 2.24) is 5.32 Å². The van der Waals surface area contributed by atoms with Crippen LogP contribution >= 0.6 is 0 Å². The SMILES string of the molecule is O=C(C[C@H]1C=CCC1)NC[C@H](O)COc1ccc(C(F)(F)F)cc1. The smallest absolute Gasteiger partial charge is 0.416 e. The van der Waals surface area contributed by atoms with E-state index in [1.165, 1.54) is 12.1 Å². The Morgan fingerprint density at radius 3 is 2.62 bits per heavy atom. The van der Waals surface area contributed by atoms with Crippen LogP contribution in [0, 0.1) is 5.92 Å². The number of hydrogen-bond acceptors (Lipinski definition) is 3. The predicted octanol–water partition coefficient (Wildman–Crippen LogP) is 2.92. The molecule has 4 nitrogen and oxygen atoms in total. The third-order valence-electron chi connectivity index (χ3n) is 3.72. The first-order chi connectivity index (χ1) is 11.3. The van der Waals surface area contributed by atoms with Crippen LogP contribution < -0.4 is 10.1 Å². The van der Waals surface area contributed by atoms with Gasteiger partial charge >= 0.3 is 6.18 Å². The lowest BCUT2D eigenvalue weighted by molar-refractivity contribution is -0.137. The number of rotatable bonds is 7. The zero-order valence-corrected chi connectivity index (χ0v) is 13.1. The maximum atomic E-state index is 12.4. The Morgan fingerprint density at radius 1 is 1.33 bits per heavy atom. The average molecular weight is 343 g/mol. The molecule has 1 aromatic rings. The molecular weight excluding hydrogens is 323 g/mol. The molecule has 1 amide bonds. The Morgan fingerprint density at radius 2 is 2.04 bits per heavy atom. The molecule has 2 atom stereocenters. The number of aliphatic hydroxyl groups excluding tert-OH is 1. The molecule has 0 aromatic heterocycles. The van der Waals surface area contributed by atoms with Crippen molar-refractivity contribution in [3.05, 3.63) is 42.0 Å². The van der Waals surface area contributed by atoms with Crippen LogP contribution in [0.5, 0.6) is 5.75 Å². The molecule has 1 aromatic carbocycles. The highest BCUT2D eigenvalue weighted by Gasteiger charge is 2.30. The van der Waals surface area contributed by atoms with Gasteiger partial charge in [0.1, 0.15) is 18.5 Å². The third kappa shape index (κ3) is 5.88. The van der Waals surface area contributed by atoms with Crippen LogP contribution in [0.3, 0.4) is 0 Å². The molecule has 1 aliphatic rings. The number of carbonyl (C=O) groups excluding carboxylic acids is 1. The van der Waals surface area contributed by atoms with Gasteiger partial charge in [0.2, 0.25) is 5.91 Å². The predicted molar refractivity (Wildman–Crippen MR) is 82.4 cm³/mol. The molecule has 0 unspecified atom stereocenters. The normalized spacial score (nSPS) is 18.4. The van der Waals surface area contributed by atoms with E-state index in [1.807, 2.05) is 12.2 Å². The van der Waals surface area contributed by atoms with Crippen molar-refractivity contribution in [2.24, 2.45) is 5.92 Å². The second kappa shape index (κ2) is 8.19. The van der Waals surface area contributed by atoms with E-state index in [-0.39, 0.29) is 30.7 Å². The maximum absolute atomic E-state index is 12.4. The fourth-order valence-electron chi connectivity index (χ4n) is 2.40. The minimum Gasteiger partial charge on any atom is -0.491 e. The zero-order valence-electron chi connectivity index (χ0n) is 13.1. The highest BCUT2D eigenvalue weighted by atomic mass is 19.4. The Kier molecular flexibility index (Phi) is 6.25. The summed E-state index contributed by atoms with van der Waals surface area (Å²) in [7, 11) is 0. The van der Waals surface area contributed by atoms with Crippen LogP contribution in [0.15, 0.2) is 36.4 Å². The van der Waals surface area contributed by atoms with E-state index in [4.69, 9.17) is 4.74 Å². The molecule has 0 bridgehead atoms. The monoisotopic (exact) mass is 343 g/mol. The van der Waals surface area contributed by atoms with E-state index in [0.29, 0.717) is 6.42 Å². The Labute approximate surface area is 138 Å². The van der Waals surface area contributed by atoms with Crippen molar-refractivity contribution in [3.8, 4) is 5.75 Å². The summed E-state index contributed by atoms with van der Waals surface area (Å²) >= 11 is 0. The number of alkyl halides is 3. The quantitative estimate of drug-likeness (QED) is 0.749. The van der Waals surface area contributed by atoms with Crippen LogP contribution in [0.4, 0.5) is 13.2 Å². The number of benzene rings is 1. The van der Waals surface area contributed by atoms with Gasteiger partial charge in [-0.25, -0.2) is 0 Å². The summed E-state index contributed by atoms with van der Waals surface area (Å²) in [5.41, 5.74) is -0.761. The number of hydrogen-bond donors (Lipinski definition) is 2. The van der Waals surface area contributed by atoms with Gasteiger partial charge in [-0.1, -0.05) is 12.2 Å². The number of nitrogens with one attached hydrogen (secondary N) is 1. The summed E-state index contributed by atoms with van der Waals surface area (Å²) in [5.74, 6) is 0.343. The molecule has 0 saturated heterocycles. The molecule has 0 saturated carbocycles. The van der Waals surface area contributed by atoms with Crippen molar-refractivity contribution < 1.29 is 27.8 Å². The first-order valence-corrected chi connectivity index (χ1v) is 7.76. The van der Waals surface area contributed by atoms with Crippen LogP contribution in [-0.4, -0.2) is 30.3 Å². The van der Waals surface area contributed by atoms with Crippen LogP contribution in [0.25, 0.3) is 0 Å². The van der Waals surface area contributed by atoms with E-state index < -0.39 is 17.8 Å². The van der Waals surface area contributed by atoms with E-state index in [1.54, 1.807) is 0 Å². The van der Waals surface area contributed by atoms with Gasteiger partial charge in [-0.3, -0.25) is 4.79 Å². The van der Waals surface area contributed by atoms with Crippen LogP contribution in [0.2, 0.25) is 0 Å². The van der Waals surface area contributed by atoms with Crippen molar-refractivity contribution in [2.45, 2.75) is 31.5 Å². The fraction of sp³-hybridized carbons (Fsp3) is 0.471. The number of carbonyl (C=O) groups is 1. The molecule has 1 aliphatic carbocycles. The highest BCUT2D eigenvalue weighted by molar-refractivity contribution is 5.76. The lowest BCUT2D eigenvalue weighted by atomic mass is 10.1. The summed E-state index contributed by atoms with van der Waals surface area (Å²) < 4.78 is 42.5. The molecule has 0 aliphatic heterocycles. The molecule has 7 heteroatoms. The molecule has 0 radical (unpaired) electrons. The standard InChI is InChI=1S/C17H20F3NO3/c18-17(19,20)13-5-7-15(8-6-13)24-11-14(22)10-21-16(23)9-12-3-1-2-4-12/h1,3,5-8,12,14,22H,2,4,9-11H2,(H,21,23)/t12-,14-/m0/s1. The van der Waals surface area contributed by atoms with Gasteiger partial charge in [0, 0.05) is 13.0 Å². The molecular formula is C17H20F3NO3. The Hall–Kier alpha value is -2.02. The summed E-state index contributed by atoms with van der Waals surface area (Å²) in [6.45, 7) is -0.0785. The summed E-state index contributed by atoms with van der Waals surface area (Å²) in [5, 5.41) is 12.4. The molecule has 0 heterocycles. The number of amides is 1. The first kappa shape index (κ1) is 18.3. The lowest BCUT2D eigenvalue weighted by Crippen LogP contribution is -2.35. The van der Waals surface area contributed by atoms with Crippen molar-refractivity contribution in [2.75, 3.05) is 13.2 Å². The van der Waals surface area contributed by atoms with Gasteiger partial charge in [-0.05, 0) is 43.0 Å². The molecule has 2 N–H and O–H groups in total. The molecule has 2 rings (SSSR count). The fourth-order valence-corrected chi connectivity index (χ4v) is 2.40. The average Bonchev–Trinajstić information content (AvgIpc) is 3.03. The summed E-state index contributed by atoms with van der Waals surface area (Å²) in [6, 6.07) is 4.22. The first-order valence-electron chi connectivity index (χ1n) is 7.76. The number of ether oxygens (including phenoxy) is 1. The lowest BCUT2D eigenvalue weighted by Gasteiger charge is -2.14. The Bertz CT molecular complexity index is 569. The summed E-state index contributed by atoms with van der Waals surface area (Å²) in [6.07, 6.45) is 1.08. The second-order valence-electron chi connectivity index (χ2n) is 5.76. The minimum atomic E-state index is -4.39. The van der Waals surface area contributed by atoms with E-state index in [2.05, 4.69) is 5.32 Å². The van der Waals surface area contributed by atoms with Crippen molar-refractivity contribution in [1.29, 1.82) is 0 Å². The van der Waals surface area contributed by atoms with Gasteiger partial charge in [0.05, 0.1) is 5.56 Å². The highest BCUT2D eigenvalue weighted by Crippen LogP contribution is 2.30. The number of halogens is 3. The van der Waals surface area contributed by atoms with E-state index in [9.17, 15) is 23.1 Å².